The topological polar surface area (TPSA) is 32.6 Å². The number of likely N-dealkylation sites (N-methyl/N-ethyl adjacent to an activating group) is 1. The summed E-state index contributed by atoms with van der Waals surface area (Å²) in [6, 6.07) is 6.07. The lowest BCUT2D eigenvalue weighted by atomic mass is 10.1. The standard InChI is InChI=1S/C15H19ClN4/c1-19-8-7-18-15(19)17-6-5-11-10-20(2)14-9-12(16)3-4-13(11)14/h3-4,9-10H,5-8H2,1-2H3,(H,17,18). The highest BCUT2D eigenvalue weighted by atomic mass is 35.5. The molecular weight excluding hydrogens is 272 g/mol. The van der Waals surface area contributed by atoms with E-state index < -0.39 is 0 Å². The number of aromatic nitrogens is 1. The Morgan fingerprint density at radius 1 is 1.35 bits per heavy atom. The summed E-state index contributed by atoms with van der Waals surface area (Å²) >= 11 is 6.06. The molecule has 0 amide bonds. The molecule has 1 aliphatic heterocycles. The van der Waals surface area contributed by atoms with Crippen LogP contribution >= 0.6 is 11.6 Å². The molecule has 106 valence electrons. The van der Waals surface area contributed by atoms with Crippen molar-refractivity contribution >= 4 is 28.5 Å². The summed E-state index contributed by atoms with van der Waals surface area (Å²) < 4.78 is 2.13. The zero-order chi connectivity index (χ0) is 14.1. The molecule has 3 rings (SSSR count). The number of aryl methyl sites for hydroxylation is 1. The number of hydrogen-bond acceptors (Lipinski definition) is 3. The Balaban J connectivity index is 1.72. The Kier molecular flexibility index (Phi) is 3.57. The van der Waals surface area contributed by atoms with Crippen molar-refractivity contribution in [3.05, 3.63) is 35.0 Å². The Hall–Kier alpha value is -1.68. The van der Waals surface area contributed by atoms with Gasteiger partial charge in [0.25, 0.3) is 0 Å². The van der Waals surface area contributed by atoms with Crippen LogP contribution in [0.15, 0.2) is 29.4 Å². The van der Waals surface area contributed by atoms with Gasteiger partial charge in [0.1, 0.15) is 0 Å². The Morgan fingerprint density at radius 3 is 2.95 bits per heavy atom. The van der Waals surface area contributed by atoms with Crippen LogP contribution in [0, 0.1) is 0 Å². The van der Waals surface area contributed by atoms with E-state index in [1.165, 1.54) is 16.5 Å². The maximum absolute atomic E-state index is 6.06. The van der Waals surface area contributed by atoms with Crippen molar-refractivity contribution in [2.45, 2.75) is 6.42 Å². The van der Waals surface area contributed by atoms with Gasteiger partial charge in [-0.25, -0.2) is 0 Å². The van der Waals surface area contributed by atoms with Crippen LogP contribution in [0.4, 0.5) is 0 Å². The molecule has 0 atom stereocenters. The maximum Gasteiger partial charge on any atom is 0.193 e. The van der Waals surface area contributed by atoms with Gasteiger partial charge in [-0.15, -0.1) is 0 Å². The van der Waals surface area contributed by atoms with Crippen LogP contribution in [0.25, 0.3) is 10.9 Å². The number of halogens is 1. The summed E-state index contributed by atoms with van der Waals surface area (Å²) in [6.07, 6.45) is 3.16. The van der Waals surface area contributed by atoms with Crippen molar-refractivity contribution in [1.82, 2.24) is 14.8 Å². The minimum Gasteiger partial charge on any atom is -0.356 e. The van der Waals surface area contributed by atoms with Crippen LogP contribution in [-0.4, -0.2) is 42.1 Å². The summed E-state index contributed by atoms with van der Waals surface area (Å²) in [5.74, 6) is 1.01. The zero-order valence-corrected chi connectivity index (χ0v) is 12.6. The fourth-order valence-corrected chi connectivity index (χ4v) is 2.84. The molecule has 0 spiro atoms. The fraction of sp³-hybridized carbons (Fsp3) is 0.400. The number of nitrogens with one attached hydrogen (secondary N) is 1. The molecule has 0 fully saturated rings. The summed E-state index contributed by atoms with van der Waals surface area (Å²) in [4.78, 5) is 6.59. The lowest BCUT2D eigenvalue weighted by Gasteiger charge is -2.14. The minimum atomic E-state index is 0.783. The molecule has 0 saturated heterocycles. The van der Waals surface area contributed by atoms with Gasteiger partial charge >= 0.3 is 0 Å². The summed E-state index contributed by atoms with van der Waals surface area (Å²) in [7, 11) is 4.13. The SMILES string of the molecule is CN1CCN=C1NCCc1cn(C)c2cc(Cl)ccc12. The molecule has 0 unspecified atom stereocenters. The van der Waals surface area contributed by atoms with Crippen LogP contribution in [0.2, 0.25) is 5.02 Å². The van der Waals surface area contributed by atoms with E-state index in [2.05, 4.69) is 46.1 Å². The first-order valence-corrected chi connectivity index (χ1v) is 7.26. The van der Waals surface area contributed by atoms with E-state index in [0.717, 1.165) is 37.0 Å². The normalized spacial score (nSPS) is 14.9. The number of aliphatic imine (C=N–C) groups is 1. The third kappa shape index (κ3) is 2.48. The molecular formula is C15H19ClN4. The number of rotatable bonds is 3. The second-order valence-electron chi connectivity index (χ2n) is 5.23. The van der Waals surface area contributed by atoms with Crippen molar-refractivity contribution in [2.24, 2.45) is 12.0 Å². The molecule has 1 N–H and O–H groups in total. The van der Waals surface area contributed by atoms with E-state index in [9.17, 15) is 0 Å². The van der Waals surface area contributed by atoms with Gasteiger partial charge in [0.2, 0.25) is 0 Å². The molecule has 20 heavy (non-hydrogen) atoms. The molecule has 2 heterocycles. The lowest BCUT2D eigenvalue weighted by Crippen LogP contribution is -2.36. The predicted octanol–water partition coefficient (Wildman–Crippen LogP) is 2.27. The van der Waals surface area contributed by atoms with E-state index in [1.807, 2.05) is 12.1 Å². The Bertz CT molecular complexity index is 659. The monoisotopic (exact) mass is 290 g/mol. The van der Waals surface area contributed by atoms with Crippen LogP contribution in [0.1, 0.15) is 5.56 Å². The molecule has 4 nitrogen and oxygen atoms in total. The first kappa shape index (κ1) is 13.3. The largest absolute Gasteiger partial charge is 0.356 e. The third-order valence-electron chi connectivity index (χ3n) is 3.77. The van der Waals surface area contributed by atoms with Gasteiger partial charge in [-0.1, -0.05) is 17.7 Å². The van der Waals surface area contributed by atoms with Crippen molar-refractivity contribution in [1.29, 1.82) is 0 Å². The Morgan fingerprint density at radius 2 is 2.20 bits per heavy atom. The van der Waals surface area contributed by atoms with E-state index in [-0.39, 0.29) is 0 Å². The number of benzene rings is 1. The van der Waals surface area contributed by atoms with Gasteiger partial charge in [-0.05, 0) is 24.1 Å². The van der Waals surface area contributed by atoms with Gasteiger partial charge in [-0.3, -0.25) is 4.99 Å². The molecule has 2 aromatic rings. The van der Waals surface area contributed by atoms with Crippen LogP contribution < -0.4 is 5.32 Å². The minimum absolute atomic E-state index is 0.783. The highest BCUT2D eigenvalue weighted by Gasteiger charge is 2.12. The first-order chi connectivity index (χ1) is 9.65. The van der Waals surface area contributed by atoms with E-state index >= 15 is 0 Å². The van der Waals surface area contributed by atoms with Crippen LogP contribution in [0.5, 0.6) is 0 Å². The van der Waals surface area contributed by atoms with Crippen molar-refractivity contribution < 1.29 is 0 Å². The van der Waals surface area contributed by atoms with Gasteiger partial charge < -0.3 is 14.8 Å². The molecule has 1 aromatic carbocycles. The van der Waals surface area contributed by atoms with E-state index in [4.69, 9.17) is 11.6 Å². The summed E-state index contributed by atoms with van der Waals surface area (Å²) in [5, 5.41) is 5.47. The second kappa shape index (κ2) is 5.37. The van der Waals surface area contributed by atoms with E-state index in [0.29, 0.717) is 0 Å². The molecule has 0 bridgehead atoms. The molecule has 0 aliphatic carbocycles. The van der Waals surface area contributed by atoms with Crippen molar-refractivity contribution in [2.75, 3.05) is 26.7 Å². The van der Waals surface area contributed by atoms with E-state index in [1.54, 1.807) is 0 Å². The fourth-order valence-electron chi connectivity index (χ4n) is 2.67. The summed E-state index contributed by atoms with van der Waals surface area (Å²) in [6.45, 7) is 2.80. The highest BCUT2D eigenvalue weighted by molar-refractivity contribution is 6.31. The van der Waals surface area contributed by atoms with Crippen molar-refractivity contribution in [3.63, 3.8) is 0 Å². The highest BCUT2D eigenvalue weighted by Crippen LogP contribution is 2.24. The average molecular weight is 291 g/mol. The second-order valence-corrected chi connectivity index (χ2v) is 5.67. The quantitative estimate of drug-likeness (QED) is 0.940. The zero-order valence-electron chi connectivity index (χ0n) is 11.9. The molecule has 0 radical (unpaired) electrons. The Labute approximate surface area is 124 Å². The number of fused-ring (bicyclic) bond motifs is 1. The predicted molar refractivity (Wildman–Crippen MR) is 84.6 cm³/mol. The van der Waals surface area contributed by atoms with Gasteiger partial charge in [0.15, 0.2) is 5.96 Å². The number of nitrogens with zero attached hydrogens (tertiary/aromatic N) is 3. The average Bonchev–Trinajstić information content (AvgIpc) is 2.95. The van der Waals surface area contributed by atoms with Crippen LogP contribution in [0.3, 0.4) is 0 Å². The molecule has 5 heteroatoms. The molecule has 1 aromatic heterocycles. The smallest absolute Gasteiger partial charge is 0.193 e. The van der Waals surface area contributed by atoms with Crippen molar-refractivity contribution in [3.8, 4) is 0 Å². The van der Waals surface area contributed by atoms with Gasteiger partial charge in [0.05, 0.1) is 6.54 Å². The summed E-state index contributed by atoms with van der Waals surface area (Å²) in [5.41, 5.74) is 2.52. The number of hydrogen-bond donors (Lipinski definition) is 1. The molecule has 0 saturated carbocycles. The van der Waals surface area contributed by atoms with Crippen LogP contribution in [-0.2, 0) is 13.5 Å². The first-order valence-electron chi connectivity index (χ1n) is 6.88. The molecule has 1 aliphatic rings. The third-order valence-corrected chi connectivity index (χ3v) is 4.01. The van der Waals surface area contributed by atoms with Gasteiger partial charge in [-0.2, -0.15) is 0 Å². The van der Waals surface area contributed by atoms with Gasteiger partial charge in [0, 0.05) is 49.3 Å². The maximum atomic E-state index is 6.06. The number of guanidine groups is 1. The lowest BCUT2D eigenvalue weighted by molar-refractivity contribution is 0.534.